The molecule has 1 heterocycles. The molecule has 12 heteroatoms. The fraction of sp³-hybridized carbons (Fsp3) is 0.676. The number of ketones is 1. The maximum absolute atomic E-state index is 14.7. The number of hydrogen-bond donors (Lipinski definition) is 4. The van der Waals surface area contributed by atoms with Crippen LogP contribution in [0, 0.1) is 117 Å². The first kappa shape index (κ1) is 41.1. The van der Waals surface area contributed by atoms with Gasteiger partial charge in [0, 0.05) is 125 Å². The second-order valence-electron chi connectivity index (χ2n) is 14.1. The van der Waals surface area contributed by atoms with Crippen molar-refractivity contribution < 1.29 is 137 Å². The van der Waals surface area contributed by atoms with Gasteiger partial charge in [0.05, 0.1) is 29.8 Å². The van der Waals surface area contributed by atoms with Crippen molar-refractivity contribution in [3.05, 3.63) is 54.0 Å². The van der Waals surface area contributed by atoms with Crippen LogP contribution in [0.25, 0.3) is 0 Å². The van der Waals surface area contributed by atoms with Crippen LogP contribution in [-0.4, -0.2) is 94.4 Å². The van der Waals surface area contributed by atoms with Gasteiger partial charge < -0.3 is 39.4 Å². The predicted molar refractivity (Wildman–Crippen MR) is 158 cm³/mol. The van der Waals surface area contributed by atoms with Gasteiger partial charge in [-0.15, -0.1) is 0 Å². The van der Waals surface area contributed by atoms with Crippen molar-refractivity contribution in [1.29, 1.82) is 0 Å². The van der Waals surface area contributed by atoms with E-state index in [1.165, 1.54) is 7.11 Å². The quantitative estimate of drug-likeness (QED) is 0.182. The molecule has 0 amide bonds. The van der Waals surface area contributed by atoms with Crippen LogP contribution in [0.15, 0.2) is 41.5 Å². The Morgan fingerprint density at radius 3 is 2.26 bits per heavy atom. The first-order chi connectivity index (χ1) is 20.4. The zero-order valence-electron chi connectivity index (χ0n) is 27.7. The molecule has 1 aromatic carbocycles. The summed E-state index contributed by atoms with van der Waals surface area (Å²) in [6.45, 7) is 16.4. The fourth-order valence-electron chi connectivity index (χ4n) is 9.05. The first-order valence-electron chi connectivity index (χ1n) is 15.2. The molecule has 0 aromatic heterocycles. The molecule has 1 saturated heterocycles. The molecule has 11 atom stereocenters. The summed E-state index contributed by atoms with van der Waals surface area (Å²) in [5.41, 5.74) is -6.16. The number of rotatable bonds is 7. The zero-order chi connectivity index (χ0) is 32.6. The van der Waals surface area contributed by atoms with Gasteiger partial charge in [-0.3, -0.25) is 4.79 Å². The molecule has 2 saturated carbocycles. The Labute approximate surface area is 343 Å². The number of hydrogen-bond acceptors (Lipinski definition) is 10. The number of fused-ring (bicyclic) bond motifs is 5. The number of carbonyl (C=O) groups excluding carboxylic acids is 2. The van der Waals surface area contributed by atoms with Crippen LogP contribution in [0.2, 0.25) is 0 Å². The largest absolute Gasteiger partial charge is 0.456 e. The van der Waals surface area contributed by atoms with E-state index in [1.807, 2.05) is 0 Å². The number of benzene rings is 1. The molecular formula is C34H46Ac2O10. The molecule has 248 valence electrons. The Kier molecular flexibility index (Phi) is 12.9. The standard InChI is InChI=1S/C34H46O10.2Ac/c1-18(21-12-10-9-11-13-21)26(35)29(38)44-22-15-33(39)20(3)32(7)31(6,28(37)27(36)25(19(22)2)30(33,4)5)23(43-17-41-8)14-24-34(32,40)16-42-24;;/h1,9-13,18,20,22-24,26-27,35-36,39-40H,14-17H2,2-8H3;;/t18-,20-,22?,23?,24?,26?,27?,31-,32?,33?,34?;;/m0../s1. The summed E-state index contributed by atoms with van der Waals surface area (Å²) >= 11 is 0. The minimum Gasteiger partial charge on any atom is -0.456 e. The molecule has 3 fully saturated rings. The van der Waals surface area contributed by atoms with Crippen LogP contribution < -0.4 is 0 Å². The Morgan fingerprint density at radius 1 is 1.11 bits per heavy atom. The Bertz CT molecular complexity index is 1340. The monoisotopic (exact) mass is 1070 g/mol. The number of methoxy groups -OCH3 is 1. The van der Waals surface area contributed by atoms with Crippen molar-refractivity contribution in [2.24, 2.45) is 22.2 Å². The third kappa shape index (κ3) is 5.67. The van der Waals surface area contributed by atoms with Gasteiger partial charge in [0.1, 0.15) is 24.6 Å². The first-order valence-corrected chi connectivity index (χ1v) is 15.2. The van der Waals surface area contributed by atoms with Crippen LogP contribution in [0.5, 0.6) is 0 Å². The maximum Gasteiger partial charge on any atom is 0.336 e. The maximum atomic E-state index is 14.7. The van der Waals surface area contributed by atoms with Crippen molar-refractivity contribution in [3.63, 3.8) is 0 Å². The van der Waals surface area contributed by atoms with Gasteiger partial charge in [-0.25, -0.2) is 4.79 Å². The summed E-state index contributed by atoms with van der Waals surface area (Å²) < 4.78 is 22.9. The van der Waals surface area contributed by atoms with Gasteiger partial charge in [-0.1, -0.05) is 58.0 Å². The SMILES string of the molecule is [Ac].[Ac].[CH][C@@H](c1ccccc1)C(O)C(=O)OC1CC2(O)[C@@H](C)C3(C)C4(O)COC4CC(OCOC)[C@@]3(C)C(=O)C(O)C(=C1C)C2(C)C. The molecule has 2 bridgehead atoms. The number of Topliss-reactive ketones (excluding diaryl/α,β-unsaturated/α-hetero) is 1. The fourth-order valence-corrected chi connectivity index (χ4v) is 9.05. The predicted octanol–water partition coefficient (Wildman–Crippen LogP) is 2.35. The topological polar surface area (TPSA) is 152 Å². The molecule has 46 heavy (non-hydrogen) atoms. The van der Waals surface area contributed by atoms with Gasteiger partial charge >= 0.3 is 5.97 Å². The van der Waals surface area contributed by atoms with E-state index in [0.29, 0.717) is 11.1 Å². The summed E-state index contributed by atoms with van der Waals surface area (Å²) in [4.78, 5) is 28.0. The van der Waals surface area contributed by atoms with E-state index in [9.17, 15) is 30.0 Å². The van der Waals surface area contributed by atoms with Crippen molar-refractivity contribution in [1.82, 2.24) is 0 Å². The molecule has 1 aliphatic heterocycles. The van der Waals surface area contributed by atoms with Gasteiger partial charge in [-0.05, 0) is 43.4 Å². The van der Waals surface area contributed by atoms with Crippen LogP contribution in [0.3, 0.4) is 0 Å². The minimum absolute atomic E-state index is 0. The third-order valence-electron chi connectivity index (χ3n) is 12.3. The van der Waals surface area contributed by atoms with Gasteiger partial charge in [0.2, 0.25) is 0 Å². The molecule has 4 N–H and O–H groups in total. The van der Waals surface area contributed by atoms with Crippen molar-refractivity contribution in [2.75, 3.05) is 20.5 Å². The summed E-state index contributed by atoms with van der Waals surface area (Å²) in [5, 5.41) is 48.0. The van der Waals surface area contributed by atoms with Gasteiger partial charge in [-0.2, -0.15) is 0 Å². The Morgan fingerprint density at radius 2 is 1.72 bits per heavy atom. The minimum atomic E-state index is -1.73. The molecule has 4 aliphatic rings. The normalized spacial score (nSPS) is 40.8. The summed E-state index contributed by atoms with van der Waals surface area (Å²) in [5.74, 6) is -3.45. The van der Waals surface area contributed by atoms with Crippen LogP contribution in [-0.2, 0) is 28.5 Å². The van der Waals surface area contributed by atoms with E-state index in [-0.39, 0.29) is 120 Å². The van der Waals surface area contributed by atoms with Crippen LogP contribution >= 0.6 is 0 Å². The Hall–Kier alpha value is 0.703. The van der Waals surface area contributed by atoms with Crippen molar-refractivity contribution in [3.8, 4) is 0 Å². The van der Waals surface area contributed by atoms with E-state index in [2.05, 4.69) is 0 Å². The molecule has 3 aliphatic carbocycles. The molecule has 10 nitrogen and oxygen atoms in total. The number of carbonyl (C=O) groups is 2. The average molecular weight is 1070 g/mol. The van der Waals surface area contributed by atoms with Gasteiger partial charge in [0.15, 0.2) is 11.9 Å². The molecule has 5 rings (SSSR count). The van der Waals surface area contributed by atoms with E-state index in [1.54, 1.807) is 71.9 Å². The number of aliphatic hydroxyl groups is 4. The van der Waals surface area contributed by atoms with E-state index in [0.717, 1.165) is 0 Å². The number of esters is 1. The van der Waals surface area contributed by atoms with Crippen molar-refractivity contribution >= 4 is 11.8 Å². The molecule has 0 spiro atoms. The summed E-state index contributed by atoms with van der Waals surface area (Å²) in [6, 6.07) is 8.65. The van der Waals surface area contributed by atoms with Gasteiger partial charge in [0.25, 0.3) is 0 Å². The third-order valence-corrected chi connectivity index (χ3v) is 12.3. The van der Waals surface area contributed by atoms with Crippen LogP contribution in [0.4, 0.5) is 0 Å². The Balaban J connectivity index is 0.00000288. The zero-order valence-corrected chi connectivity index (χ0v) is 37.2. The second-order valence-corrected chi connectivity index (χ2v) is 14.1. The van der Waals surface area contributed by atoms with E-state index in [4.69, 9.17) is 25.9 Å². The average Bonchev–Trinajstić information content (AvgIpc) is 2.99. The number of aliphatic hydroxyl groups excluding tert-OH is 2. The molecular weight excluding hydrogens is 1020 g/mol. The second kappa shape index (κ2) is 14.4. The molecule has 8 unspecified atom stereocenters. The molecule has 4 radical (unpaired) electrons. The number of ether oxygens (including phenoxy) is 4. The smallest absolute Gasteiger partial charge is 0.336 e. The summed E-state index contributed by atoms with van der Waals surface area (Å²) in [6.07, 6.45) is -5.94. The van der Waals surface area contributed by atoms with Crippen LogP contribution in [0.1, 0.15) is 65.9 Å². The molecule has 1 aromatic rings. The van der Waals surface area contributed by atoms with E-state index >= 15 is 0 Å². The summed E-state index contributed by atoms with van der Waals surface area (Å²) in [7, 11) is 1.47. The van der Waals surface area contributed by atoms with Crippen molar-refractivity contribution in [2.45, 2.75) is 102 Å². The van der Waals surface area contributed by atoms with E-state index < -0.39 is 81.6 Å².